The van der Waals surface area contributed by atoms with Crippen molar-refractivity contribution in [1.82, 2.24) is 0 Å². The molecule has 3 unspecified atom stereocenters. The minimum atomic E-state index is 0.603. The molecule has 0 fully saturated rings. The SMILES string of the molecule is CC(C)CCCC(C)CCOc1cc2ccc3ccc4ccc5c(OCCC(C)CCCC(C)C)cc(ccc6cc(OCCC(C)CCCC(C)C)c7ccc8ccc(ccc9ccc%10ccc1c(c2)c%10c9)cc8c7c6)cc5c4c3. The van der Waals surface area contributed by atoms with Crippen LogP contribution in [-0.4, -0.2) is 19.8 Å². The molecule has 81 heavy (non-hydrogen) atoms. The predicted octanol–water partition coefficient (Wildman–Crippen LogP) is 23.4. The number of benzene rings is 9. The lowest BCUT2D eigenvalue weighted by atomic mass is 9.97. The quantitative estimate of drug-likeness (QED) is 0.0565. The van der Waals surface area contributed by atoms with Crippen LogP contribution < -0.4 is 14.2 Å². The fourth-order valence-corrected chi connectivity index (χ4v) is 12.2. The molecule has 0 aliphatic heterocycles. The number of hydrogen-bond donors (Lipinski definition) is 0. The molecule has 420 valence electrons. The molecule has 0 saturated heterocycles. The molecule has 0 N–H and O–H groups in total. The number of hydrogen-bond acceptors (Lipinski definition) is 3. The summed E-state index contributed by atoms with van der Waals surface area (Å²) in [7, 11) is 0. The van der Waals surface area contributed by atoms with Crippen molar-refractivity contribution >= 4 is 97.0 Å². The van der Waals surface area contributed by atoms with Gasteiger partial charge in [0.05, 0.1) is 19.8 Å². The van der Waals surface area contributed by atoms with Gasteiger partial charge in [-0.05, 0) is 190 Å². The summed E-state index contributed by atoms with van der Waals surface area (Å²) in [6.45, 7) is 23.2. The van der Waals surface area contributed by atoms with E-state index in [1.807, 2.05) is 0 Å². The van der Waals surface area contributed by atoms with Crippen LogP contribution in [-0.2, 0) is 0 Å². The number of rotatable bonds is 24. The van der Waals surface area contributed by atoms with E-state index >= 15 is 0 Å². The van der Waals surface area contributed by atoms with Gasteiger partial charge < -0.3 is 14.2 Å². The molecule has 0 radical (unpaired) electrons. The topological polar surface area (TPSA) is 27.7 Å². The normalized spacial score (nSPS) is 13.2. The first-order valence-corrected chi connectivity index (χ1v) is 31.2. The summed E-state index contributed by atoms with van der Waals surface area (Å²) in [6.07, 6.45) is 14.4. The molecule has 0 spiro atoms. The van der Waals surface area contributed by atoms with Crippen LogP contribution in [0.1, 0.15) is 139 Å². The zero-order valence-electron chi connectivity index (χ0n) is 50.4. The maximum absolute atomic E-state index is 6.90. The highest BCUT2D eigenvalue weighted by Gasteiger charge is 2.14. The molecule has 10 rings (SSSR count). The van der Waals surface area contributed by atoms with Crippen molar-refractivity contribution in [2.45, 2.75) is 139 Å². The van der Waals surface area contributed by atoms with E-state index in [9.17, 15) is 0 Å². The van der Waals surface area contributed by atoms with Crippen LogP contribution in [0.3, 0.4) is 0 Å². The van der Waals surface area contributed by atoms with Gasteiger partial charge >= 0.3 is 0 Å². The van der Waals surface area contributed by atoms with Crippen molar-refractivity contribution in [3.8, 4) is 17.2 Å². The third-order valence-electron chi connectivity index (χ3n) is 17.3. The lowest BCUT2D eigenvalue weighted by Gasteiger charge is -2.15. The van der Waals surface area contributed by atoms with Crippen LogP contribution in [0.25, 0.3) is 97.0 Å². The van der Waals surface area contributed by atoms with Gasteiger partial charge in [-0.2, -0.15) is 0 Å². The number of ether oxygens (including phenoxy) is 3. The van der Waals surface area contributed by atoms with Gasteiger partial charge in [-0.15, -0.1) is 0 Å². The summed E-state index contributed by atoms with van der Waals surface area (Å²) < 4.78 is 20.6. The highest BCUT2D eigenvalue weighted by atomic mass is 16.5. The zero-order chi connectivity index (χ0) is 56.4. The Morgan fingerprint density at radius 3 is 0.765 bits per heavy atom. The summed E-state index contributed by atoms with van der Waals surface area (Å²) in [5.74, 6) is 6.86. The molecule has 0 aliphatic carbocycles. The monoisotopic (exact) mass is 1070 g/mol. The van der Waals surface area contributed by atoms with Gasteiger partial charge in [0.15, 0.2) is 0 Å². The minimum absolute atomic E-state index is 0.603. The van der Waals surface area contributed by atoms with Crippen molar-refractivity contribution in [2.24, 2.45) is 35.5 Å². The van der Waals surface area contributed by atoms with E-state index in [1.165, 1.54) is 106 Å². The first-order chi connectivity index (χ1) is 39.3. The smallest absolute Gasteiger partial charge is 0.127 e. The average molecular weight is 1080 g/mol. The summed E-state index contributed by atoms with van der Waals surface area (Å²) in [6, 6.07) is 61.8. The first-order valence-electron chi connectivity index (χ1n) is 31.2. The van der Waals surface area contributed by atoms with Crippen LogP contribution in [0.5, 0.6) is 17.2 Å². The Kier molecular flexibility index (Phi) is 19.0. The highest BCUT2D eigenvalue weighted by molar-refractivity contribution is 6.15. The van der Waals surface area contributed by atoms with Crippen LogP contribution in [0.2, 0.25) is 0 Å². The molecular weight excluding hydrogens is 985 g/mol. The van der Waals surface area contributed by atoms with Gasteiger partial charge in [0.1, 0.15) is 17.2 Å². The van der Waals surface area contributed by atoms with Crippen LogP contribution in [0.4, 0.5) is 0 Å². The standard InChI is InChI=1S/C78H90O3/c1-52(2)13-10-16-55(7)37-40-79-76-49-61-22-21-60-27-30-66-33-36-69-75(72(66)45-60)48-63(51-78(69)81-42-39-57(9)18-12-15-54(5)6)24-23-62-47-74-68(77(50-62)80-41-38-56(8)17-11-14-53(3)4)35-32-65-29-26-59(44-71(65)74)20-19-58-25-28-64-31-34-67(76)73(46-61)70(64)43-58/h19-36,43-57H,10-18,37-42H2,1-9H3. The summed E-state index contributed by atoms with van der Waals surface area (Å²) in [5, 5.41) is 21.1. The lowest BCUT2D eigenvalue weighted by Crippen LogP contribution is -2.05. The predicted molar refractivity (Wildman–Crippen MR) is 354 cm³/mol. The van der Waals surface area contributed by atoms with Gasteiger partial charge in [0.2, 0.25) is 0 Å². The largest absolute Gasteiger partial charge is 0.493 e. The maximum atomic E-state index is 6.90. The Bertz CT molecular complexity index is 3900. The molecule has 12 bridgehead atoms. The van der Waals surface area contributed by atoms with Crippen molar-refractivity contribution in [3.63, 3.8) is 0 Å². The van der Waals surface area contributed by atoms with E-state index in [2.05, 4.69) is 226 Å². The van der Waals surface area contributed by atoms with Gasteiger partial charge in [0, 0.05) is 16.2 Å². The molecule has 10 aromatic rings. The fraction of sp³-hybridized carbons (Fsp3) is 0.385. The van der Waals surface area contributed by atoms with Gasteiger partial charge in [-0.1, -0.05) is 229 Å². The van der Waals surface area contributed by atoms with E-state index in [-0.39, 0.29) is 0 Å². The second-order valence-electron chi connectivity index (χ2n) is 25.7. The molecular formula is C78H90O3. The number of fused-ring (bicyclic) bond motifs is 6. The average Bonchev–Trinajstić information content (AvgIpc) is 3.46. The molecule has 0 aliphatic rings. The second kappa shape index (κ2) is 26.8. The third-order valence-corrected chi connectivity index (χ3v) is 17.3. The van der Waals surface area contributed by atoms with Gasteiger partial charge in [0.25, 0.3) is 0 Å². The van der Waals surface area contributed by atoms with E-state index in [0.29, 0.717) is 37.6 Å². The maximum Gasteiger partial charge on any atom is 0.127 e. The molecule has 0 saturated carbocycles. The van der Waals surface area contributed by atoms with Crippen LogP contribution in [0, 0.1) is 35.5 Å². The zero-order valence-corrected chi connectivity index (χ0v) is 50.4. The van der Waals surface area contributed by atoms with Crippen LogP contribution >= 0.6 is 0 Å². The first kappa shape index (κ1) is 57.4. The van der Waals surface area contributed by atoms with Crippen molar-refractivity contribution < 1.29 is 14.2 Å². The highest BCUT2D eigenvalue weighted by Crippen LogP contribution is 2.39. The van der Waals surface area contributed by atoms with E-state index in [4.69, 9.17) is 14.2 Å². The molecule has 0 heterocycles. The fourth-order valence-electron chi connectivity index (χ4n) is 12.2. The molecule has 10 aromatic carbocycles. The summed E-state index contributed by atoms with van der Waals surface area (Å²) in [5.41, 5.74) is 0. The molecule has 3 heteroatoms. The molecule has 0 aromatic heterocycles. The van der Waals surface area contributed by atoms with Gasteiger partial charge in [-0.25, -0.2) is 0 Å². The Morgan fingerprint density at radius 1 is 0.235 bits per heavy atom. The Morgan fingerprint density at radius 2 is 0.481 bits per heavy atom. The molecule has 3 nitrogen and oxygen atoms in total. The summed E-state index contributed by atoms with van der Waals surface area (Å²) in [4.78, 5) is 0. The Hall–Kier alpha value is -6.84. The second-order valence-corrected chi connectivity index (χ2v) is 25.7. The Balaban J connectivity index is 1.15. The molecule has 0 amide bonds. The van der Waals surface area contributed by atoms with E-state index in [0.717, 1.165) is 103 Å². The Labute approximate surface area is 484 Å². The lowest BCUT2D eigenvalue weighted by molar-refractivity contribution is 0.278. The summed E-state index contributed by atoms with van der Waals surface area (Å²) >= 11 is 0. The van der Waals surface area contributed by atoms with E-state index in [1.54, 1.807) is 0 Å². The van der Waals surface area contributed by atoms with Crippen molar-refractivity contribution in [1.29, 1.82) is 0 Å². The van der Waals surface area contributed by atoms with E-state index < -0.39 is 0 Å². The van der Waals surface area contributed by atoms with Crippen LogP contribution in [0.15, 0.2) is 164 Å². The van der Waals surface area contributed by atoms with Crippen molar-refractivity contribution in [2.75, 3.05) is 19.8 Å². The van der Waals surface area contributed by atoms with Crippen molar-refractivity contribution in [3.05, 3.63) is 164 Å². The third kappa shape index (κ3) is 14.8. The van der Waals surface area contributed by atoms with Gasteiger partial charge in [-0.3, -0.25) is 0 Å². The molecule has 3 atom stereocenters. The minimum Gasteiger partial charge on any atom is -0.493 e.